The molecule has 3 aromatic rings. The van der Waals surface area contributed by atoms with Crippen LogP contribution < -0.4 is 20.9 Å². The number of anilines is 5. The number of aromatic nitrogens is 3. The van der Waals surface area contributed by atoms with E-state index in [0.29, 0.717) is 23.0 Å². The lowest BCUT2D eigenvalue weighted by Gasteiger charge is -2.33. The number of para-hydroxylation sites is 1. The van der Waals surface area contributed by atoms with Gasteiger partial charge < -0.3 is 30.9 Å². The molecule has 0 radical (unpaired) electrons. The lowest BCUT2D eigenvalue weighted by atomic mass is 10.1. The predicted octanol–water partition coefficient (Wildman–Crippen LogP) is 2.14. The summed E-state index contributed by atoms with van der Waals surface area (Å²) in [5.74, 6) is 1.70. The fourth-order valence-corrected chi connectivity index (χ4v) is 3.62. The highest BCUT2D eigenvalue weighted by Gasteiger charge is 2.16. The average Bonchev–Trinajstić information content (AvgIpc) is 2.86. The standard InChI is InChI=1S/C24H30N8O2/c1-17-15-27-24(28-18-7-8-21(26-16-18)32-12-10-31(2)11-13-32)30-22(17)29-20-6-4-3-5-19(20)23(34)25-9-14-33/h3-8,15-16,33H,9-14H2,1-2H3,(H,25,34)(H2,27,28,29,30). The van der Waals surface area contributed by atoms with Gasteiger partial charge in [0, 0.05) is 44.5 Å². The maximum absolute atomic E-state index is 12.4. The molecule has 34 heavy (non-hydrogen) atoms. The Hall–Kier alpha value is -3.76. The molecule has 0 aliphatic carbocycles. The molecule has 1 amide bonds. The van der Waals surface area contributed by atoms with Crippen LogP contribution >= 0.6 is 0 Å². The Kier molecular flexibility index (Phi) is 7.51. The zero-order valence-electron chi connectivity index (χ0n) is 19.5. The van der Waals surface area contributed by atoms with E-state index in [-0.39, 0.29) is 19.1 Å². The number of pyridine rings is 1. The Morgan fingerprint density at radius 1 is 1.03 bits per heavy atom. The van der Waals surface area contributed by atoms with Gasteiger partial charge in [-0.15, -0.1) is 0 Å². The van der Waals surface area contributed by atoms with Gasteiger partial charge in [0.25, 0.3) is 5.91 Å². The van der Waals surface area contributed by atoms with Crippen molar-refractivity contribution in [2.45, 2.75) is 6.92 Å². The smallest absolute Gasteiger partial charge is 0.253 e. The first-order valence-electron chi connectivity index (χ1n) is 11.3. The second kappa shape index (κ2) is 10.9. The SMILES string of the molecule is Cc1cnc(Nc2ccc(N3CCN(C)CC3)nc2)nc1Nc1ccccc1C(=O)NCCO. The molecule has 1 fully saturated rings. The molecule has 0 unspecified atom stereocenters. The van der Waals surface area contributed by atoms with Crippen LogP contribution in [-0.2, 0) is 0 Å². The Morgan fingerprint density at radius 2 is 1.82 bits per heavy atom. The number of nitrogens with one attached hydrogen (secondary N) is 3. The lowest BCUT2D eigenvalue weighted by molar-refractivity contribution is 0.0945. The number of amides is 1. The number of nitrogens with zero attached hydrogens (tertiary/aromatic N) is 5. The van der Waals surface area contributed by atoms with E-state index in [1.54, 1.807) is 24.5 Å². The van der Waals surface area contributed by atoms with E-state index in [4.69, 9.17) is 5.11 Å². The summed E-state index contributed by atoms with van der Waals surface area (Å²) in [6.07, 6.45) is 3.50. The number of carbonyl (C=O) groups excluding carboxylic acids is 1. The van der Waals surface area contributed by atoms with Gasteiger partial charge in [0.15, 0.2) is 0 Å². The fraction of sp³-hybridized carbons (Fsp3) is 0.333. The van der Waals surface area contributed by atoms with Crippen molar-refractivity contribution in [1.29, 1.82) is 0 Å². The average molecular weight is 463 g/mol. The van der Waals surface area contributed by atoms with E-state index >= 15 is 0 Å². The summed E-state index contributed by atoms with van der Waals surface area (Å²) in [6.45, 7) is 5.95. The van der Waals surface area contributed by atoms with Gasteiger partial charge in [0.05, 0.1) is 29.7 Å². The van der Waals surface area contributed by atoms with Crippen LogP contribution in [0.5, 0.6) is 0 Å². The monoisotopic (exact) mass is 462 g/mol. The van der Waals surface area contributed by atoms with Crippen LogP contribution in [0.2, 0.25) is 0 Å². The van der Waals surface area contributed by atoms with Crippen LogP contribution in [-0.4, -0.2) is 77.2 Å². The molecule has 10 heteroatoms. The third-order valence-corrected chi connectivity index (χ3v) is 5.63. The normalized spacial score (nSPS) is 14.0. The molecule has 178 valence electrons. The molecule has 4 rings (SSSR count). The van der Waals surface area contributed by atoms with Crippen LogP contribution in [0.3, 0.4) is 0 Å². The van der Waals surface area contributed by atoms with E-state index in [9.17, 15) is 4.79 Å². The van der Waals surface area contributed by atoms with Gasteiger partial charge in [0.1, 0.15) is 11.6 Å². The first kappa shape index (κ1) is 23.4. The highest BCUT2D eigenvalue weighted by atomic mass is 16.3. The van der Waals surface area contributed by atoms with Crippen LogP contribution in [0.4, 0.5) is 29.0 Å². The number of aliphatic hydroxyl groups excluding tert-OH is 1. The number of hydrogen-bond donors (Lipinski definition) is 4. The molecule has 2 aromatic heterocycles. The van der Waals surface area contributed by atoms with Gasteiger partial charge in [-0.25, -0.2) is 9.97 Å². The molecular formula is C24H30N8O2. The fourth-order valence-electron chi connectivity index (χ4n) is 3.62. The second-order valence-corrected chi connectivity index (χ2v) is 8.20. The molecule has 0 atom stereocenters. The van der Waals surface area contributed by atoms with Crippen molar-refractivity contribution in [2.24, 2.45) is 0 Å². The third kappa shape index (κ3) is 5.77. The zero-order chi connectivity index (χ0) is 23.9. The first-order chi connectivity index (χ1) is 16.5. The summed E-state index contributed by atoms with van der Waals surface area (Å²) in [5.41, 5.74) is 2.70. The van der Waals surface area contributed by atoms with Crippen LogP contribution in [0.25, 0.3) is 0 Å². The van der Waals surface area contributed by atoms with Crippen molar-refractivity contribution in [3.05, 3.63) is 59.9 Å². The molecule has 1 aliphatic heterocycles. The minimum absolute atomic E-state index is 0.118. The number of aliphatic hydroxyl groups is 1. The zero-order valence-corrected chi connectivity index (χ0v) is 19.5. The molecule has 1 saturated heterocycles. The molecule has 4 N–H and O–H groups in total. The quantitative estimate of drug-likeness (QED) is 0.399. The summed E-state index contributed by atoms with van der Waals surface area (Å²) in [4.78, 5) is 30.6. The van der Waals surface area contributed by atoms with Gasteiger partial charge in [-0.2, -0.15) is 4.98 Å². The molecular weight excluding hydrogens is 432 g/mol. The summed E-state index contributed by atoms with van der Waals surface area (Å²) in [7, 11) is 2.13. The molecule has 3 heterocycles. The number of rotatable bonds is 8. The summed E-state index contributed by atoms with van der Waals surface area (Å²) in [5, 5.41) is 18.1. The summed E-state index contributed by atoms with van der Waals surface area (Å²) in [6, 6.07) is 11.1. The van der Waals surface area contributed by atoms with Crippen LogP contribution in [0.1, 0.15) is 15.9 Å². The number of piperazine rings is 1. The van der Waals surface area contributed by atoms with E-state index < -0.39 is 0 Å². The van der Waals surface area contributed by atoms with Crippen molar-refractivity contribution in [1.82, 2.24) is 25.2 Å². The number of likely N-dealkylation sites (N-methyl/N-ethyl adjacent to an activating group) is 1. The van der Waals surface area contributed by atoms with Gasteiger partial charge in [-0.1, -0.05) is 12.1 Å². The minimum atomic E-state index is -0.270. The van der Waals surface area contributed by atoms with Gasteiger partial charge in [-0.05, 0) is 38.2 Å². The van der Waals surface area contributed by atoms with Crippen LogP contribution in [0.15, 0.2) is 48.8 Å². The van der Waals surface area contributed by atoms with Crippen molar-refractivity contribution in [2.75, 3.05) is 61.9 Å². The Balaban J connectivity index is 1.46. The largest absolute Gasteiger partial charge is 0.395 e. The van der Waals surface area contributed by atoms with Gasteiger partial charge in [0.2, 0.25) is 5.95 Å². The second-order valence-electron chi connectivity index (χ2n) is 8.20. The first-order valence-corrected chi connectivity index (χ1v) is 11.3. The van der Waals surface area contributed by atoms with Crippen LogP contribution in [0, 0.1) is 6.92 Å². The number of hydrogen-bond acceptors (Lipinski definition) is 9. The third-order valence-electron chi connectivity index (χ3n) is 5.63. The van der Waals surface area contributed by atoms with E-state index in [1.165, 1.54) is 0 Å². The Bertz CT molecular complexity index is 1110. The summed E-state index contributed by atoms with van der Waals surface area (Å²) >= 11 is 0. The molecule has 10 nitrogen and oxygen atoms in total. The molecule has 0 bridgehead atoms. The lowest BCUT2D eigenvalue weighted by Crippen LogP contribution is -2.44. The van der Waals surface area contributed by atoms with E-state index in [0.717, 1.165) is 43.2 Å². The van der Waals surface area contributed by atoms with Crippen molar-refractivity contribution in [3.63, 3.8) is 0 Å². The Labute approximate surface area is 199 Å². The number of carbonyl (C=O) groups is 1. The Morgan fingerprint density at radius 3 is 2.56 bits per heavy atom. The maximum atomic E-state index is 12.4. The van der Waals surface area contributed by atoms with E-state index in [1.807, 2.05) is 31.2 Å². The molecule has 1 aromatic carbocycles. The molecule has 1 aliphatic rings. The predicted molar refractivity (Wildman–Crippen MR) is 133 cm³/mol. The van der Waals surface area contributed by atoms with Crippen molar-refractivity contribution in [3.8, 4) is 0 Å². The molecule has 0 saturated carbocycles. The maximum Gasteiger partial charge on any atom is 0.253 e. The summed E-state index contributed by atoms with van der Waals surface area (Å²) < 4.78 is 0. The van der Waals surface area contributed by atoms with E-state index in [2.05, 4.69) is 47.7 Å². The number of benzene rings is 1. The van der Waals surface area contributed by atoms with Gasteiger partial charge >= 0.3 is 0 Å². The highest BCUT2D eigenvalue weighted by Crippen LogP contribution is 2.24. The molecule has 0 spiro atoms. The minimum Gasteiger partial charge on any atom is -0.395 e. The van der Waals surface area contributed by atoms with Crippen molar-refractivity contribution < 1.29 is 9.90 Å². The van der Waals surface area contributed by atoms with Crippen molar-refractivity contribution >= 4 is 34.9 Å². The topological polar surface area (TPSA) is 119 Å². The highest BCUT2D eigenvalue weighted by molar-refractivity contribution is 6.00. The number of aryl methyl sites for hydroxylation is 1. The van der Waals surface area contributed by atoms with Gasteiger partial charge in [-0.3, -0.25) is 4.79 Å².